The van der Waals surface area contributed by atoms with Crippen molar-refractivity contribution in [3.8, 4) is 0 Å². The average molecular weight is 197 g/mol. The monoisotopic (exact) mass is 197 g/mol. The molecule has 0 aromatic carbocycles. The Labute approximate surface area is 85.2 Å². The molecule has 2 aliphatic rings. The van der Waals surface area contributed by atoms with E-state index in [9.17, 15) is 4.79 Å². The lowest BCUT2D eigenvalue weighted by atomic mass is 10.1. The molecule has 2 aliphatic heterocycles. The third kappa shape index (κ3) is 2.07. The molecule has 0 spiro atoms. The zero-order valence-electron chi connectivity index (χ0n) is 8.83. The lowest BCUT2D eigenvalue weighted by molar-refractivity contribution is -0.128. The molecular formula is C10H19N3O. The molecule has 0 aromatic heterocycles. The van der Waals surface area contributed by atoms with Crippen LogP contribution >= 0.6 is 0 Å². The normalized spacial score (nSPS) is 25.6. The molecule has 4 nitrogen and oxygen atoms in total. The highest BCUT2D eigenvalue weighted by Crippen LogP contribution is 2.09. The van der Waals surface area contributed by atoms with Gasteiger partial charge in [-0.2, -0.15) is 0 Å². The Kier molecular flexibility index (Phi) is 3.03. The lowest BCUT2D eigenvalue weighted by Gasteiger charge is -2.37. The molecule has 4 heteroatoms. The number of carbonyl (C=O) groups is 1. The molecule has 0 unspecified atom stereocenters. The summed E-state index contributed by atoms with van der Waals surface area (Å²) in [5, 5.41) is 3.29. The smallest absolute Gasteiger partial charge is 0.219 e. The van der Waals surface area contributed by atoms with Crippen molar-refractivity contribution in [3.05, 3.63) is 0 Å². The first-order valence-corrected chi connectivity index (χ1v) is 5.47. The molecule has 14 heavy (non-hydrogen) atoms. The average Bonchev–Trinajstić information content (AvgIpc) is 2.26. The summed E-state index contributed by atoms with van der Waals surface area (Å²) < 4.78 is 0. The lowest BCUT2D eigenvalue weighted by Crippen LogP contribution is -2.57. The Morgan fingerprint density at radius 1 is 1.21 bits per heavy atom. The van der Waals surface area contributed by atoms with Crippen LogP contribution in [-0.4, -0.2) is 61.0 Å². The highest BCUT2D eigenvalue weighted by atomic mass is 16.2. The van der Waals surface area contributed by atoms with Crippen LogP contribution in [0.5, 0.6) is 0 Å². The van der Waals surface area contributed by atoms with Crippen molar-refractivity contribution in [2.24, 2.45) is 0 Å². The van der Waals surface area contributed by atoms with E-state index in [2.05, 4.69) is 10.2 Å². The molecule has 0 bridgehead atoms. The van der Waals surface area contributed by atoms with E-state index in [1.165, 1.54) is 0 Å². The van der Waals surface area contributed by atoms with Gasteiger partial charge in [-0.05, 0) is 6.42 Å². The molecular weight excluding hydrogens is 178 g/mol. The van der Waals surface area contributed by atoms with E-state index in [1.54, 1.807) is 6.92 Å². The van der Waals surface area contributed by atoms with Crippen LogP contribution in [0.2, 0.25) is 0 Å². The zero-order chi connectivity index (χ0) is 9.97. The van der Waals surface area contributed by atoms with Gasteiger partial charge >= 0.3 is 0 Å². The summed E-state index contributed by atoms with van der Waals surface area (Å²) in [6, 6.07) is 0.724. The van der Waals surface area contributed by atoms with Crippen molar-refractivity contribution in [1.82, 2.24) is 15.1 Å². The Hall–Kier alpha value is -0.610. The quantitative estimate of drug-likeness (QED) is 0.616. The van der Waals surface area contributed by atoms with Crippen molar-refractivity contribution in [3.63, 3.8) is 0 Å². The van der Waals surface area contributed by atoms with Crippen LogP contribution in [0.4, 0.5) is 0 Å². The van der Waals surface area contributed by atoms with Gasteiger partial charge in [-0.25, -0.2) is 0 Å². The number of amides is 1. The number of hydrogen-bond donors (Lipinski definition) is 1. The molecule has 1 amide bonds. The number of rotatable bonds is 1. The third-order valence-electron chi connectivity index (χ3n) is 3.25. The van der Waals surface area contributed by atoms with Gasteiger partial charge in [-0.3, -0.25) is 9.69 Å². The fraction of sp³-hybridized carbons (Fsp3) is 0.900. The number of nitrogens with zero attached hydrogens (tertiary/aromatic N) is 2. The van der Waals surface area contributed by atoms with Gasteiger partial charge in [0.25, 0.3) is 0 Å². The highest BCUT2D eigenvalue weighted by Gasteiger charge is 2.26. The minimum Gasteiger partial charge on any atom is -0.342 e. The van der Waals surface area contributed by atoms with Crippen LogP contribution in [0.1, 0.15) is 13.3 Å². The Bertz CT molecular complexity index is 215. The summed E-state index contributed by atoms with van der Waals surface area (Å²) in [5.41, 5.74) is 0. The second kappa shape index (κ2) is 4.28. The summed E-state index contributed by atoms with van der Waals surface area (Å²) in [6.07, 6.45) is 1.12. The van der Waals surface area contributed by atoms with E-state index in [-0.39, 0.29) is 5.91 Å². The minimum absolute atomic E-state index is 0.221. The summed E-state index contributed by atoms with van der Waals surface area (Å²) >= 11 is 0. The molecule has 0 saturated carbocycles. The molecule has 0 atom stereocenters. The van der Waals surface area contributed by atoms with Gasteiger partial charge in [0.1, 0.15) is 0 Å². The molecule has 2 fully saturated rings. The van der Waals surface area contributed by atoms with E-state index in [1.807, 2.05) is 4.90 Å². The Morgan fingerprint density at radius 2 is 2.00 bits per heavy atom. The second-order valence-corrected chi connectivity index (χ2v) is 4.21. The second-order valence-electron chi connectivity index (χ2n) is 4.21. The molecule has 0 aliphatic carbocycles. The highest BCUT2D eigenvalue weighted by molar-refractivity contribution is 5.73. The zero-order valence-corrected chi connectivity index (χ0v) is 8.83. The van der Waals surface area contributed by atoms with Gasteiger partial charge < -0.3 is 10.2 Å². The topological polar surface area (TPSA) is 35.6 Å². The number of hydrogen-bond acceptors (Lipinski definition) is 3. The van der Waals surface area contributed by atoms with Gasteiger partial charge in [-0.15, -0.1) is 0 Å². The van der Waals surface area contributed by atoms with Gasteiger partial charge in [-0.1, -0.05) is 0 Å². The first-order chi connectivity index (χ1) is 6.77. The molecule has 0 radical (unpaired) electrons. The van der Waals surface area contributed by atoms with Crippen molar-refractivity contribution in [2.75, 3.05) is 39.3 Å². The van der Waals surface area contributed by atoms with Crippen molar-refractivity contribution >= 4 is 5.91 Å². The number of nitrogens with one attached hydrogen (secondary N) is 1. The Balaban J connectivity index is 1.84. The molecule has 2 saturated heterocycles. The van der Waals surface area contributed by atoms with Crippen LogP contribution < -0.4 is 5.32 Å². The van der Waals surface area contributed by atoms with Crippen LogP contribution in [-0.2, 0) is 4.79 Å². The summed E-state index contributed by atoms with van der Waals surface area (Å²) in [5.74, 6) is 0.221. The largest absolute Gasteiger partial charge is 0.342 e. The third-order valence-corrected chi connectivity index (χ3v) is 3.25. The van der Waals surface area contributed by atoms with Crippen LogP contribution in [0, 0.1) is 0 Å². The van der Waals surface area contributed by atoms with Crippen LogP contribution in [0.25, 0.3) is 0 Å². The molecule has 2 heterocycles. The first kappa shape index (κ1) is 9.93. The van der Waals surface area contributed by atoms with E-state index in [0.717, 1.165) is 51.7 Å². The van der Waals surface area contributed by atoms with Crippen molar-refractivity contribution in [2.45, 2.75) is 19.4 Å². The molecule has 1 N–H and O–H groups in total. The van der Waals surface area contributed by atoms with E-state index >= 15 is 0 Å². The summed E-state index contributed by atoms with van der Waals surface area (Å²) in [6.45, 7) is 7.96. The van der Waals surface area contributed by atoms with Gasteiger partial charge in [0.05, 0.1) is 0 Å². The maximum Gasteiger partial charge on any atom is 0.219 e. The van der Waals surface area contributed by atoms with E-state index < -0.39 is 0 Å². The number of carbonyl (C=O) groups excluding carboxylic acids is 1. The first-order valence-electron chi connectivity index (χ1n) is 5.47. The SMILES string of the molecule is CC(=O)N1CCCN(C2CNC2)CC1. The van der Waals surface area contributed by atoms with E-state index in [4.69, 9.17) is 0 Å². The van der Waals surface area contributed by atoms with Gasteiger partial charge in [0.2, 0.25) is 5.91 Å². The maximum atomic E-state index is 11.2. The minimum atomic E-state index is 0.221. The fourth-order valence-corrected chi connectivity index (χ4v) is 2.15. The fourth-order valence-electron chi connectivity index (χ4n) is 2.15. The van der Waals surface area contributed by atoms with Crippen LogP contribution in [0.3, 0.4) is 0 Å². The van der Waals surface area contributed by atoms with Gasteiger partial charge in [0.15, 0.2) is 0 Å². The summed E-state index contributed by atoms with van der Waals surface area (Å²) in [4.78, 5) is 15.7. The standard InChI is InChI=1S/C10H19N3O/c1-9(14)12-3-2-4-13(6-5-12)10-7-11-8-10/h10-11H,2-8H2,1H3. The van der Waals surface area contributed by atoms with E-state index in [0.29, 0.717) is 0 Å². The molecule has 2 rings (SSSR count). The van der Waals surface area contributed by atoms with Gasteiger partial charge in [0, 0.05) is 52.2 Å². The van der Waals surface area contributed by atoms with Crippen molar-refractivity contribution in [1.29, 1.82) is 0 Å². The molecule has 80 valence electrons. The Morgan fingerprint density at radius 3 is 2.57 bits per heavy atom. The summed E-state index contributed by atoms with van der Waals surface area (Å²) in [7, 11) is 0. The van der Waals surface area contributed by atoms with Crippen molar-refractivity contribution < 1.29 is 4.79 Å². The molecule has 0 aromatic rings. The predicted octanol–water partition coefficient (Wildman–Crippen LogP) is -0.488. The predicted molar refractivity (Wildman–Crippen MR) is 55.1 cm³/mol. The maximum absolute atomic E-state index is 11.2. The van der Waals surface area contributed by atoms with Crippen LogP contribution in [0.15, 0.2) is 0 Å².